The highest BCUT2D eigenvalue weighted by molar-refractivity contribution is 5.90. The number of ether oxygens (including phenoxy) is 1. The minimum atomic E-state index is -1.26. The van der Waals surface area contributed by atoms with Gasteiger partial charge in [0, 0.05) is 13.1 Å². The number of rotatable bonds is 12. The minimum absolute atomic E-state index is 0.232. The van der Waals surface area contributed by atoms with E-state index in [9.17, 15) is 14.7 Å². The molecule has 3 aromatic rings. The summed E-state index contributed by atoms with van der Waals surface area (Å²) in [6.45, 7) is 3.13. The summed E-state index contributed by atoms with van der Waals surface area (Å²) in [5.41, 5.74) is 15.0. The largest absolute Gasteiger partial charge is 0.494 e. The number of aliphatic hydroxyl groups is 1. The van der Waals surface area contributed by atoms with Crippen molar-refractivity contribution in [3.63, 3.8) is 0 Å². The zero-order valence-corrected chi connectivity index (χ0v) is 20.4. The van der Waals surface area contributed by atoms with Gasteiger partial charge in [0.05, 0.1) is 12.6 Å². The molecule has 0 aliphatic carbocycles. The molecule has 0 heterocycles. The van der Waals surface area contributed by atoms with Gasteiger partial charge in [-0.1, -0.05) is 66.7 Å². The van der Waals surface area contributed by atoms with Crippen LogP contribution in [0.2, 0.25) is 0 Å². The minimum Gasteiger partial charge on any atom is -0.494 e. The van der Waals surface area contributed by atoms with Crippen LogP contribution in [0.4, 0.5) is 0 Å². The van der Waals surface area contributed by atoms with Gasteiger partial charge >= 0.3 is 0 Å². The van der Waals surface area contributed by atoms with E-state index in [1.807, 2.05) is 61.5 Å². The lowest BCUT2D eigenvalue weighted by molar-refractivity contribution is -0.132. The number of benzene rings is 3. The fourth-order valence-electron chi connectivity index (χ4n) is 3.72. The maximum atomic E-state index is 13.1. The Hall–Kier alpha value is -3.72. The molecule has 0 fully saturated rings. The number of hydrogen-bond donors (Lipinski definition) is 5. The van der Waals surface area contributed by atoms with Crippen LogP contribution in [0, 0.1) is 0 Å². The van der Waals surface area contributed by atoms with E-state index in [-0.39, 0.29) is 13.0 Å². The van der Waals surface area contributed by atoms with Crippen LogP contribution in [0.3, 0.4) is 0 Å². The Morgan fingerprint density at radius 2 is 1.50 bits per heavy atom. The molecule has 7 N–H and O–H groups in total. The molecule has 8 nitrogen and oxygen atoms in total. The quantitative estimate of drug-likeness (QED) is 0.263. The SMILES string of the molecule is CCOc1ccc(C[C@@H](N)C(=O)N[C@H](C(=O)NCc2ccc(CN)cc2)[C@@H](O)c2ccccc2)cc1. The third-order valence-corrected chi connectivity index (χ3v) is 5.79. The molecule has 190 valence electrons. The molecular formula is C28H34N4O4. The molecule has 3 atom stereocenters. The Kier molecular flexibility index (Phi) is 10.00. The first-order valence-corrected chi connectivity index (χ1v) is 12.0. The highest BCUT2D eigenvalue weighted by atomic mass is 16.5. The van der Waals surface area contributed by atoms with Crippen LogP contribution in [-0.4, -0.2) is 35.6 Å². The average Bonchev–Trinajstić information content (AvgIpc) is 2.91. The molecule has 0 saturated heterocycles. The topological polar surface area (TPSA) is 140 Å². The van der Waals surface area contributed by atoms with Crippen molar-refractivity contribution in [3.8, 4) is 5.75 Å². The second kappa shape index (κ2) is 13.4. The first-order chi connectivity index (χ1) is 17.4. The fraction of sp³-hybridized carbons (Fsp3) is 0.286. The molecule has 3 aromatic carbocycles. The van der Waals surface area contributed by atoms with Gasteiger partial charge in [-0.3, -0.25) is 9.59 Å². The number of nitrogens with one attached hydrogen (secondary N) is 2. The summed E-state index contributed by atoms with van der Waals surface area (Å²) < 4.78 is 5.44. The molecule has 0 aliphatic rings. The summed E-state index contributed by atoms with van der Waals surface area (Å²) in [5.74, 6) is -0.318. The molecule has 0 bridgehead atoms. The molecule has 8 heteroatoms. The van der Waals surface area contributed by atoms with Crippen LogP contribution in [0.1, 0.15) is 35.3 Å². The van der Waals surface area contributed by atoms with Crippen molar-refractivity contribution >= 4 is 11.8 Å². The van der Waals surface area contributed by atoms with E-state index < -0.39 is 30.0 Å². The number of carbonyl (C=O) groups excluding carboxylic acids is 2. The van der Waals surface area contributed by atoms with Gasteiger partial charge in [0.1, 0.15) is 17.9 Å². The van der Waals surface area contributed by atoms with Crippen LogP contribution in [0.5, 0.6) is 5.75 Å². The summed E-state index contributed by atoms with van der Waals surface area (Å²) in [6.07, 6.45) is -0.992. The lowest BCUT2D eigenvalue weighted by Crippen LogP contribution is -2.54. The number of amides is 2. The van der Waals surface area contributed by atoms with Crippen molar-refractivity contribution in [3.05, 3.63) is 101 Å². The predicted octanol–water partition coefficient (Wildman–Crippen LogP) is 1.95. The lowest BCUT2D eigenvalue weighted by Gasteiger charge is -2.25. The lowest BCUT2D eigenvalue weighted by atomic mass is 10.00. The first-order valence-electron chi connectivity index (χ1n) is 12.0. The van der Waals surface area contributed by atoms with Gasteiger partial charge < -0.3 is 31.9 Å². The van der Waals surface area contributed by atoms with Crippen molar-refractivity contribution < 1.29 is 19.4 Å². The Bertz CT molecular complexity index is 1100. The maximum absolute atomic E-state index is 13.1. The molecule has 0 aliphatic heterocycles. The van der Waals surface area contributed by atoms with Crippen LogP contribution in [-0.2, 0) is 29.1 Å². The molecule has 0 saturated carbocycles. The second-order valence-corrected chi connectivity index (χ2v) is 8.47. The molecule has 0 spiro atoms. The molecule has 2 amide bonds. The van der Waals surface area contributed by atoms with E-state index in [0.29, 0.717) is 18.7 Å². The monoisotopic (exact) mass is 490 g/mol. The number of carbonyl (C=O) groups is 2. The molecule has 3 rings (SSSR count). The third kappa shape index (κ3) is 7.64. The van der Waals surface area contributed by atoms with Crippen molar-refractivity contribution in [1.29, 1.82) is 0 Å². The molecule has 0 radical (unpaired) electrons. The van der Waals surface area contributed by atoms with Gasteiger partial charge in [-0.15, -0.1) is 0 Å². The first kappa shape index (κ1) is 26.9. The second-order valence-electron chi connectivity index (χ2n) is 8.47. The van der Waals surface area contributed by atoms with Gasteiger partial charge in [-0.05, 0) is 47.7 Å². The summed E-state index contributed by atoms with van der Waals surface area (Å²) in [5, 5.41) is 16.4. The summed E-state index contributed by atoms with van der Waals surface area (Å²) >= 11 is 0. The van der Waals surface area contributed by atoms with E-state index >= 15 is 0 Å². The maximum Gasteiger partial charge on any atom is 0.245 e. The molecular weight excluding hydrogens is 456 g/mol. The predicted molar refractivity (Wildman–Crippen MR) is 139 cm³/mol. The van der Waals surface area contributed by atoms with Crippen LogP contribution >= 0.6 is 0 Å². The van der Waals surface area contributed by atoms with E-state index in [2.05, 4.69) is 10.6 Å². The van der Waals surface area contributed by atoms with E-state index in [1.54, 1.807) is 24.3 Å². The van der Waals surface area contributed by atoms with Gasteiger partial charge in [0.25, 0.3) is 0 Å². The Morgan fingerprint density at radius 1 is 0.889 bits per heavy atom. The average molecular weight is 491 g/mol. The Balaban J connectivity index is 1.68. The number of hydrogen-bond acceptors (Lipinski definition) is 6. The standard InChI is InChI=1S/C28H34N4O4/c1-2-36-23-14-12-19(13-15-23)16-24(30)27(34)32-25(26(33)22-6-4-3-5-7-22)28(35)31-18-21-10-8-20(17-29)9-11-21/h3-15,24-26,33H,2,16-18,29-30H2,1H3,(H,31,35)(H,32,34)/t24-,25+,26+/m1/s1. The van der Waals surface area contributed by atoms with Gasteiger partial charge in [-0.25, -0.2) is 0 Å². The van der Waals surface area contributed by atoms with Crippen molar-refractivity contribution in [2.75, 3.05) is 6.61 Å². The van der Waals surface area contributed by atoms with Crippen LogP contribution in [0.15, 0.2) is 78.9 Å². The zero-order valence-electron chi connectivity index (χ0n) is 20.4. The van der Waals surface area contributed by atoms with E-state index in [1.165, 1.54) is 0 Å². The number of nitrogens with two attached hydrogens (primary N) is 2. The van der Waals surface area contributed by atoms with Gasteiger partial charge in [-0.2, -0.15) is 0 Å². The zero-order chi connectivity index (χ0) is 25.9. The van der Waals surface area contributed by atoms with E-state index in [4.69, 9.17) is 16.2 Å². The molecule has 36 heavy (non-hydrogen) atoms. The molecule has 0 aromatic heterocycles. The fourth-order valence-corrected chi connectivity index (χ4v) is 3.72. The highest BCUT2D eigenvalue weighted by Gasteiger charge is 2.31. The molecule has 0 unspecified atom stereocenters. The van der Waals surface area contributed by atoms with Crippen LogP contribution < -0.4 is 26.8 Å². The van der Waals surface area contributed by atoms with Crippen LogP contribution in [0.25, 0.3) is 0 Å². The summed E-state index contributed by atoms with van der Waals surface area (Å²) in [4.78, 5) is 26.1. The Morgan fingerprint density at radius 3 is 2.11 bits per heavy atom. The highest BCUT2D eigenvalue weighted by Crippen LogP contribution is 2.18. The normalized spacial score (nSPS) is 13.3. The van der Waals surface area contributed by atoms with Crippen molar-refractivity contribution in [2.24, 2.45) is 11.5 Å². The van der Waals surface area contributed by atoms with Gasteiger partial charge in [0.15, 0.2) is 0 Å². The third-order valence-electron chi connectivity index (χ3n) is 5.79. The smallest absolute Gasteiger partial charge is 0.245 e. The summed E-state index contributed by atoms with van der Waals surface area (Å²) in [6, 6.07) is 21.4. The Labute approximate surface area is 211 Å². The summed E-state index contributed by atoms with van der Waals surface area (Å²) in [7, 11) is 0. The van der Waals surface area contributed by atoms with Crippen molar-refractivity contribution in [2.45, 2.75) is 44.6 Å². The number of aliphatic hydroxyl groups excluding tert-OH is 1. The van der Waals surface area contributed by atoms with Gasteiger partial charge in [0.2, 0.25) is 11.8 Å². The van der Waals surface area contributed by atoms with Crippen molar-refractivity contribution in [1.82, 2.24) is 10.6 Å². The van der Waals surface area contributed by atoms with E-state index in [0.717, 1.165) is 22.4 Å².